The smallest absolute Gasteiger partial charge is 0.274 e. The summed E-state index contributed by atoms with van der Waals surface area (Å²) in [7, 11) is 0. The molecule has 1 aliphatic rings. The monoisotopic (exact) mass is 269 g/mol. The van der Waals surface area contributed by atoms with Gasteiger partial charge in [0.25, 0.3) is 5.69 Å². The third kappa shape index (κ3) is 3.27. The molecule has 0 saturated carbocycles. The summed E-state index contributed by atoms with van der Waals surface area (Å²) in [6.45, 7) is -0.265. The topological polar surface area (TPSA) is 102 Å². The van der Waals surface area contributed by atoms with Crippen molar-refractivity contribution < 1.29 is 24.6 Å². The summed E-state index contributed by atoms with van der Waals surface area (Å²) in [5.74, 6) is 0. The van der Waals surface area contributed by atoms with Crippen molar-refractivity contribution in [1.82, 2.24) is 0 Å². The van der Waals surface area contributed by atoms with Crippen LogP contribution in [0.5, 0.6) is 0 Å². The van der Waals surface area contributed by atoms with Crippen LogP contribution < -0.4 is 0 Å². The Kier molecular flexibility index (Phi) is 4.43. The molecule has 0 amide bonds. The van der Waals surface area contributed by atoms with E-state index in [1.54, 1.807) is 18.2 Å². The molecule has 1 aromatic carbocycles. The number of hydrogen-bond acceptors (Lipinski definition) is 6. The quantitative estimate of drug-likeness (QED) is 0.598. The fourth-order valence-corrected chi connectivity index (χ4v) is 1.96. The molecule has 1 aromatic rings. The minimum atomic E-state index is -0.777. The second-order valence-corrected chi connectivity index (χ2v) is 4.29. The zero-order chi connectivity index (χ0) is 13.8. The van der Waals surface area contributed by atoms with E-state index in [9.17, 15) is 15.2 Å². The molecule has 7 heteroatoms. The van der Waals surface area contributed by atoms with Gasteiger partial charge in [-0.2, -0.15) is 0 Å². The predicted octanol–water partition coefficient (Wildman–Crippen LogP) is 0.580. The molecule has 0 aliphatic carbocycles. The molecule has 3 atom stereocenters. The van der Waals surface area contributed by atoms with Gasteiger partial charge in [0.15, 0.2) is 6.29 Å². The van der Waals surface area contributed by atoms with Crippen molar-refractivity contribution in [3.63, 3.8) is 0 Å². The minimum absolute atomic E-state index is 0.0141. The molecule has 0 spiro atoms. The first-order chi connectivity index (χ1) is 9.11. The lowest BCUT2D eigenvalue weighted by Crippen LogP contribution is -2.24. The van der Waals surface area contributed by atoms with E-state index in [1.807, 2.05) is 0 Å². The summed E-state index contributed by atoms with van der Waals surface area (Å²) in [5.41, 5.74) is 0.429. The highest BCUT2D eigenvalue weighted by atomic mass is 16.7. The Labute approximate surface area is 109 Å². The first kappa shape index (κ1) is 13.9. The molecule has 1 heterocycles. The minimum Gasteiger partial charge on any atom is -0.394 e. The van der Waals surface area contributed by atoms with Crippen LogP contribution in [0.15, 0.2) is 24.3 Å². The van der Waals surface area contributed by atoms with E-state index in [0.29, 0.717) is 5.56 Å². The Balaban J connectivity index is 1.95. The third-order valence-electron chi connectivity index (χ3n) is 2.98. The van der Waals surface area contributed by atoms with E-state index in [2.05, 4.69) is 0 Å². The van der Waals surface area contributed by atoms with Gasteiger partial charge in [-0.1, -0.05) is 12.1 Å². The summed E-state index contributed by atoms with van der Waals surface area (Å²) in [6.07, 6.45) is -1.85. The van der Waals surface area contributed by atoms with Crippen molar-refractivity contribution in [3.05, 3.63) is 39.9 Å². The van der Waals surface area contributed by atoms with Gasteiger partial charge in [0.1, 0.15) is 6.10 Å². The zero-order valence-electron chi connectivity index (χ0n) is 10.1. The van der Waals surface area contributed by atoms with E-state index in [4.69, 9.17) is 14.6 Å². The van der Waals surface area contributed by atoms with Crippen LogP contribution in [0.3, 0.4) is 0 Å². The fourth-order valence-electron chi connectivity index (χ4n) is 1.96. The second kappa shape index (κ2) is 6.07. The van der Waals surface area contributed by atoms with Crippen molar-refractivity contribution in [2.75, 3.05) is 6.61 Å². The van der Waals surface area contributed by atoms with Crippen LogP contribution >= 0.6 is 0 Å². The van der Waals surface area contributed by atoms with Gasteiger partial charge in [0.05, 0.1) is 29.8 Å². The van der Waals surface area contributed by atoms with Gasteiger partial charge in [-0.15, -0.1) is 0 Å². The lowest BCUT2D eigenvalue weighted by atomic mass is 10.2. The highest BCUT2D eigenvalue weighted by Crippen LogP contribution is 2.24. The molecule has 0 bridgehead atoms. The van der Waals surface area contributed by atoms with Crippen molar-refractivity contribution in [3.8, 4) is 0 Å². The van der Waals surface area contributed by atoms with Gasteiger partial charge in [-0.05, 0) is 6.07 Å². The molecule has 1 aliphatic heterocycles. The molecular weight excluding hydrogens is 254 g/mol. The molecule has 1 saturated heterocycles. The summed E-state index contributed by atoms with van der Waals surface area (Å²) in [6, 6.07) is 6.28. The standard InChI is InChI=1S/C12H15NO6/c14-6-11-10(15)5-12(19-11)18-7-8-3-1-2-4-9(8)13(16)17/h1-4,10-12,14-15H,5-7H2/t10-,11+,12?/m0/s1. The number of aliphatic hydroxyl groups excluding tert-OH is 2. The van der Waals surface area contributed by atoms with E-state index >= 15 is 0 Å². The largest absolute Gasteiger partial charge is 0.394 e. The lowest BCUT2D eigenvalue weighted by molar-refractivity contribution is -0.386. The Hall–Kier alpha value is -1.54. The number of rotatable bonds is 5. The van der Waals surface area contributed by atoms with Crippen LogP contribution in [-0.2, 0) is 16.1 Å². The number of nitro groups is 1. The summed E-state index contributed by atoms with van der Waals surface area (Å²) in [4.78, 5) is 10.3. The number of para-hydroxylation sites is 1. The highest BCUT2D eigenvalue weighted by molar-refractivity contribution is 5.39. The molecular formula is C12H15NO6. The van der Waals surface area contributed by atoms with Crippen LogP contribution in [-0.4, -0.2) is 40.2 Å². The number of benzene rings is 1. The van der Waals surface area contributed by atoms with Crippen LogP contribution in [0.25, 0.3) is 0 Å². The van der Waals surface area contributed by atoms with E-state index in [-0.39, 0.29) is 25.3 Å². The summed E-state index contributed by atoms with van der Waals surface area (Å²) >= 11 is 0. The molecule has 104 valence electrons. The lowest BCUT2D eigenvalue weighted by Gasteiger charge is -2.12. The molecule has 2 rings (SSSR count). The molecule has 1 unspecified atom stereocenters. The van der Waals surface area contributed by atoms with Crippen LogP contribution in [0.4, 0.5) is 5.69 Å². The molecule has 0 aromatic heterocycles. The maximum atomic E-state index is 10.8. The third-order valence-corrected chi connectivity index (χ3v) is 2.98. The number of nitrogens with zero attached hydrogens (tertiary/aromatic N) is 1. The Morgan fingerprint density at radius 2 is 2.21 bits per heavy atom. The van der Waals surface area contributed by atoms with Crippen LogP contribution in [0.2, 0.25) is 0 Å². The van der Waals surface area contributed by atoms with Crippen molar-refractivity contribution in [2.45, 2.75) is 31.5 Å². The maximum absolute atomic E-state index is 10.8. The molecule has 7 nitrogen and oxygen atoms in total. The molecule has 0 radical (unpaired) electrons. The number of hydrogen-bond donors (Lipinski definition) is 2. The molecule has 1 fully saturated rings. The predicted molar refractivity (Wildman–Crippen MR) is 64.3 cm³/mol. The average molecular weight is 269 g/mol. The maximum Gasteiger partial charge on any atom is 0.274 e. The van der Waals surface area contributed by atoms with E-state index < -0.39 is 23.4 Å². The van der Waals surface area contributed by atoms with Crippen molar-refractivity contribution >= 4 is 5.69 Å². The van der Waals surface area contributed by atoms with Crippen LogP contribution in [0.1, 0.15) is 12.0 Å². The van der Waals surface area contributed by atoms with Crippen molar-refractivity contribution in [2.24, 2.45) is 0 Å². The number of aliphatic hydroxyl groups is 2. The number of nitro benzene ring substituents is 1. The first-order valence-corrected chi connectivity index (χ1v) is 5.90. The van der Waals surface area contributed by atoms with Gasteiger partial charge in [0.2, 0.25) is 0 Å². The molecule has 2 N–H and O–H groups in total. The van der Waals surface area contributed by atoms with Gasteiger partial charge < -0.3 is 19.7 Å². The first-order valence-electron chi connectivity index (χ1n) is 5.90. The van der Waals surface area contributed by atoms with Gasteiger partial charge >= 0.3 is 0 Å². The SMILES string of the molecule is O=[N+]([O-])c1ccccc1COC1C[C@H](O)[C@@H](CO)O1. The summed E-state index contributed by atoms with van der Waals surface area (Å²) in [5, 5.41) is 29.3. The fraction of sp³-hybridized carbons (Fsp3) is 0.500. The van der Waals surface area contributed by atoms with Gasteiger partial charge in [0, 0.05) is 12.5 Å². The number of ether oxygens (including phenoxy) is 2. The van der Waals surface area contributed by atoms with E-state index in [1.165, 1.54) is 6.07 Å². The average Bonchev–Trinajstić information content (AvgIpc) is 2.77. The van der Waals surface area contributed by atoms with E-state index in [0.717, 1.165) is 0 Å². The highest BCUT2D eigenvalue weighted by Gasteiger charge is 2.34. The normalized spacial score (nSPS) is 26.5. The Morgan fingerprint density at radius 3 is 2.84 bits per heavy atom. The van der Waals surface area contributed by atoms with Crippen molar-refractivity contribution in [1.29, 1.82) is 0 Å². The van der Waals surface area contributed by atoms with Crippen LogP contribution in [0, 0.1) is 10.1 Å². The Bertz CT molecular complexity index is 452. The zero-order valence-corrected chi connectivity index (χ0v) is 10.1. The summed E-state index contributed by atoms with van der Waals surface area (Å²) < 4.78 is 10.6. The molecule has 19 heavy (non-hydrogen) atoms. The second-order valence-electron chi connectivity index (χ2n) is 4.29. The van der Waals surface area contributed by atoms with Gasteiger partial charge in [-0.3, -0.25) is 10.1 Å². The van der Waals surface area contributed by atoms with Gasteiger partial charge in [-0.25, -0.2) is 0 Å². The Morgan fingerprint density at radius 1 is 1.47 bits per heavy atom.